The molecule has 0 radical (unpaired) electrons. The fourth-order valence-electron chi connectivity index (χ4n) is 4.67. The Morgan fingerprint density at radius 3 is 1.52 bits per heavy atom. The van der Waals surface area contributed by atoms with Gasteiger partial charge in [0.05, 0.1) is 45.2 Å². The number of amides is 11. The van der Waals surface area contributed by atoms with Gasteiger partial charge in [0.1, 0.15) is 36.3 Å². The zero-order valence-corrected chi connectivity index (χ0v) is 32.7. The average molecular weight is 862 g/mol. The molecular formula is C32H55N13O15. The van der Waals surface area contributed by atoms with Gasteiger partial charge in [0.15, 0.2) is 0 Å². The average Bonchev–Trinajstić information content (AvgIpc) is 3.17. The number of unbranched alkanes of at least 4 members (excludes halogenated alkanes) is 1. The number of aliphatic hydroxyl groups excluding tert-OH is 2. The van der Waals surface area contributed by atoms with Crippen LogP contribution in [0.15, 0.2) is 0 Å². The molecule has 0 aromatic rings. The molecule has 338 valence electrons. The van der Waals surface area contributed by atoms with Crippen molar-refractivity contribution < 1.29 is 72.9 Å². The molecule has 60 heavy (non-hydrogen) atoms. The van der Waals surface area contributed by atoms with Crippen molar-refractivity contribution in [2.45, 2.75) is 94.2 Å². The van der Waals surface area contributed by atoms with E-state index in [1.807, 2.05) is 10.6 Å². The van der Waals surface area contributed by atoms with E-state index >= 15 is 0 Å². The van der Waals surface area contributed by atoms with E-state index in [-0.39, 0.29) is 25.8 Å². The molecule has 0 aromatic carbocycles. The molecular weight excluding hydrogens is 806 g/mol. The van der Waals surface area contributed by atoms with Gasteiger partial charge in [-0.05, 0) is 39.2 Å². The van der Waals surface area contributed by atoms with Crippen molar-refractivity contribution in [2.24, 2.45) is 28.7 Å². The Hall–Kier alpha value is -6.52. The molecule has 0 fully saturated rings. The van der Waals surface area contributed by atoms with Crippen LogP contribution in [0, 0.1) is 0 Å². The molecule has 11 amide bonds. The Balaban J connectivity index is 5.47. The number of nitrogens with two attached hydrogens (primary N) is 5. The number of carbonyl (C=O) groups excluding carboxylic acids is 11. The van der Waals surface area contributed by atoms with Crippen LogP contribution in [0.3, 0.4) is 0 Å². The molecule has 28 heteroatoms. The smallest absolute Gasteiger partial charge is 0.326 e. The molecule has 7 atom stereocenters. The molecule has 0 rings (SSSR count). The van der Waals surface area contributed by atoms with Crippen LogP contribution in [0.1, 0.15) is 51.9 Å². The van der Waals surface area contributed by atoms with Crippen LogP contribution < -0.4 is 71.2 Å². The zero-order valence-electron chi connectivity index (χ0n) is 32.7. The third kappa shape index (κ3) is 21.9. The highest BCUT2D eigenvalue weighted by Crippen LogP contribution is 2.04. The van der Waals surface area contributed by atoms with E-state index in [1.165, 1.54) is 6.92 Å². The number of aliphatic carboxylic acids is 1. The fraction of sp³-hybridized carbons (Fsp3) is 0.625. The van der Waals surface area contributed by atoms with Gasteiger partial charge < -0.3 is 86.5 Å². The number of rotatable bonds is 30. The van der Waals surface area contributed by atoms with E-state index < -0.39 is 152 Å². The molecule has 0 heterocycles. The SMILES string of the molecule is CC(NC(=O)C(N)CCC(N)=O)C(=O)NC(CCCCN)C(=O)NC(CO)C(=O)NC(CC(N)=O)C(=O)NCC(=O)NCC(=O)NC(CO)C(=O)NC(CC(N)=O)C(=O)O. The lowest BCUT2D eigenvalue weighted by atomic mass is 10.1. The second-order valence-electron chi connectivity index (χ2n) is 13.0. The minimum atomic E-state index is -1.78. The first-order chi connectivity index (χ1) is 28.1. The minimum absolute atomic E-state index is 0.0211. The van der Waals surface area contributed by atoms with Crippen molar-refractivity contribution in [3.8, 4) is 0 Å². The molecule has 0 aliphatic heterocycles. The molecule has 0 saturated carbocycles. The third-order valence-electron chi connectivity index (χ3n) is 7.95. The van der Waals surface area contributed by atoms with Crippen LogP contribution >= 0.6 is 0 Å². The minimum Gasteiger partial charge on any atom is -0.480 e. The monoisotopic (exact) mass is 861 g/mol. The van der Waals surface area contributed by atoms with E-state index in [1.54, 1.807) is 0 Å². The van der Waals surface area contributed by atoms with Crippen molar-refractivity contribution >= 4 is 70.9 Å². The summed E-state index contributed by atoms with van der Waals surface area (Å²) in [4.78, 5) is 146. The van der Waals surface area contributed by atoms with Crippen LogP contribution in [0.25, 0.3) is 0 Å². The molecule has 0 bridgehead atoms. The quantitative estimate of drug-likeness (QED) is 0.0298. The van der Waals surface area contributed by atoms with E-state index in [2.05, 4.69) is 31.9 Å². The highest BCUT2D eigenvalue weighted by atomic mass is 16.4. The summed E-state index contributed by atoms with van der Waals surface area (Å²) in [6.45, 7) is -2.27. The van der Waals surface area contributed by atoms with Gasteiger partial charge in [-0.15, -0.1) is 0 Å². The first-order valence-corrected chi connectivity index (χ1v) is 18.2. The van der Waals surface area contributed by atoms with Gasteiger partial charge in [-0.3, -0.25) is 52.7 Å². The van der Waals surface area contributed by atoms with Gasteiger partial charge in [0.25, 0.3) is 0 Å². The number of carboxylic acid groups (broad SMARTS) is 1. The molecule has 0 aliphatic rings. The zero-order chi connectivity index (χ0) is 46.1. The Morgan fingerprint density at radius 1 is 0.517 bits per heavy atom. The van der Waals surface area contributed by atoms with Gasteiger partial charge in [-0.2, -0.15) is 0 Å². The summed E-state index contributed by atoms with van der Waals surface area (Å²) in [6, 6.07) is -10.8. The lowest BCUT2D eigenvalue weighted by Gasteiger charge is -2.25. The number of nitrogens with one attached hydrogen (secondary N) is 8. The van der Waals surface area contributed by atoms with Gasteiger partial charge in [-0.1, -0.05) is 0 Å². The van der Waals surface area contributed by atoms with Crippen molar-refractivity contribution in [3.05, 3.63) is 0 Å². The Kier molecular flexibility index (Phi) is 25.0. The summed E-state index contributed by atoms with van der Waals surface area (Å²) in [7, 11) is 0. The molecule has 7 unspecified atom stereocenters. The van der Waals surface area contributed by atoms with Crippen molar-refractivity contribution in [1.82, 2.24) is 42.5 Å². The van der Waals surface area contributed by atoms with E-state index in [0.717, 1.165) is 0 Å². The predicted molar refractivity (Wildman–Crippen MR) is 202 cm³/mol. The topological polar surface area (TPSA) is 492 Å². The van der Waals surface area contributed by atoms with Crippen LogP contribution in [0.4, 0.5) is 0 Å². The van der Waals surface area contributed by atoms with Crippen LogP contribution in [-0.2, 0) is 57.5 Å². The second kappa shape index (κ2) is 28.0. The van der Waals surface area contributed by atoms with Crippen molar-refractivity contribution in [2.75, 3.05) is 32.8 Å². The maximum Gasteiger partial charge on any atom is 0.326 e. The molecule has 0 aromatic heterocycles. The lowest BCUT2D eigenvalue weighted by molar-refractivity contribution is -0.144. The standard InChI is InChI=1S/C32H55N13O15/c1-14(40-27(54)15(34)5-6-21(35)48)26(53)42-16(4-2-3-7-33)29(56)45-20(13-47)31(58)43-17(8-22(36)49)28(55)39-10-24(51)38-11-25(52)41-19(12-46)30(57)44-18(32(59)60)9-23(37)50/h14-20,46-47H,2-13,33-34H2,1H3,(H2,35,48)(H2,36,49)(H2,37,50)(H,38,51)(H,39,55)(H,40,54)(H,41,52)(H,42,53)(H,43,58)(H,44,57)(H,45,56)(H,59,60). The largest absolute Gasteiger partial charge is 0.480 e. The summed E-state index contributed by atoms with van der Waals surface area (Å²) in [5.74, 6) is -12.8. The predicted octanol–water partition coefficient (Wildman–Crippen LogP) is -10.3. The van der Waals surface area contributed by atoms with Crippen LogP contribution in [0.2, 0.25) is 0 Å². The van der Waals surface area contributed by atoms with E-state index in [0.29, 0.717) is 12.8 Å². The summed E-state index contributed by atoms with van der Waals surface area (Å²) in [5.41, 5.74) is 26.4. The maximum atomic E-state index is 13.2. The van der Waals surface area contributed by atoms with Gasteiger partial charge in [0, 0.05) is 6.42 Å². The summed E-state index contributed by atoms with van der Waals surface area (Å²) >= 11 is 0. The lowest BCUT2D eigenvalue weighted by Crippen LogP contribution is -2.59. The van der Waals surface area contributed by atoms with Crippen molar-refractivity contribution in [3.63, 3.8) is 0 Å². The Morgan fingerprint density at radius 2 is 1.00 bits per heavy atom. The number of carboxylic acids is 1. The highest BCUT2D eigenvalue weighted by molar-refractivity contribution is 5.98. The summed E-state index contributed by atoms with van der Waals surface area (Å²) in [6.07, 6.45) is -1.21. The Bertz CT molecular complexity index is 1580. The second-order valence-corrected chi connectivity index (χ2v) is 13.0. The molecule has 28 nitrogen and oxygen atoms in total. The highest BCUT2D eigenvalue weighted by Gasteiger charge is 2.32. The number of hydrogen-bond acceptors (Lipinski definition) is 16. The van der Waals surface area contributed by atoms with E-state index in [4.69, 9.17) is 33.8 Å². The molecule has 0 saturated heterocycles. The molecule has 21 N–H and O–H groups in total. The third-order valence-corrected chi connectivity index (χ3v) is 7.95. The number of aliphatic hydroxyl groups is 2. The molecule has 0 aliphatic carbocycles. The maximum absolute atomic E-state index is 13.2. The van der Waals surface area contributed by atoms with Gasteiger partial charge in [-0.25, -0.2) is 4.79 Å². The first-order valence-electron chi connectivity index (χ1n) is 18.2. The fourth-order valence-corrected chi connectivity index (χ4v) is 4.67. The number of hydrogen-bond donors (Lipinski definition) is 16. The Labute approximate surface area is 341 Å². The van der Waals surface area contributed by atoms with Crippen LogP contribution in [-0.4, -0.2) is 161 Å². The van der Waals surface area contributed by atoms with Crippen LogP contribution in [0.5, 0.6) is 0 Å². The van der Waals surface area contributed by atoms with E-state index in [9.17, 15) is 67.7 Å². The summed E-state index contributed by atoms with van der Waals surface area (Å²) in [5, 5.41) is 45.6. The normalized spacial score (nSPS) is 14.2. The van der Waals surface area contributed by atoms with Crippen molar-refractivity contribution in [1.29, 1.82) is 0 Å². The van der Waals surface area contributed by atoms with Gasteiger partial charge in [0.2, 0.25) is 65.0 Å². The number of carbonyl (C=O) groups is 12. The number of primary amides is 3. The summed E-state index contributed by atoms with van der Waals surface area (Å²) < 4.78 is 0. The first kappa shape index (κ1) is 53.5. The van der Waals surface area contributed by atoms with Gasteiger partial charge >= 0.3 is 5.97 Å². The molecule has 0 spiro atoms.